The van der Waals surface area contributed by atoms with E-state index in [4.69, 9.17) is 4.42 Å². The third kappa shape index (κ3) is 3.87. The van der Waals surface area contributed by atoms with Crippen molar-refractivity contribution in [2.75, 3.05) is 24.5 Å². The topological polar surface area (TPSA) is 92.7 Å². The van der Waals surface area contributed by atoms with Crippen LogP contribution in [0.2, 0.25) is 0 Å². The molecular weight excluding hydrogens is 366 g/mol. The maximum Gasteiger partial charge on any atom is 0.274 e. The molecule has 3 aromatic rings. The Kier molecular flexibility index (Phi) is 4.93. The Morgan fingerprint density at radius 3 is 3.15 bits per heavy atom. The van der Waals surface area contributed by atoms with Gasteiger partial charge in [0.25, 0.3) is 11.5 Å². The molecule has 1 fully saturated rings. The fourth-order valence-electron chi connectivity index (χ4n) is 3.30. The summed E-state index contributed by atoms with van der Waals surface area (Å²) in [6.45, 7) is 4.49. The van der Waals surface area contributed by atoms with Gasteiger partial charge in [-0.15, -0.1) is 5.10 Å². The first-order chi connectivity index (χ1) is 13.1. The zero-order valence-electron chi connectivity index (χ0n) is 15.1. The quantitative estimate of drug-likeness (QED) is 0.719. The van der Waals surface area contributed by atoms with E-state index in [2.05, 4.69) is 27.2 Å². The lowest BCUT2D eigenvalue weighted by molar-refractivity contribution is 0.0946. The fraction of sp³-hybridized carbons (Fsp3) is 0.444. The Morgan fingerprint density at radius 1 is 1.48 bits per heavy atom. The number of fused-ring (bicyclic) bond motifs is 1. The Bertz CT molecular complexity index is 994. The van der Waals surface area contributed by atoms with Crippen molar-refractivity contribution in [3.05, 3.63) is 46.3 Å². The van der Waals surface area contributed by atoms with E-state index in [-0.39, 0.29) is 11.6 Å². The van der Waals surface area contributed by atoms with Crippen LogP contribution in [0.1, 0.15) is 36.0 Å². The van der Waals surface area contributed by atoms with Crippen LogP contribution in [0.25, 0.3) is 4.96 Å². The van der Waals surface area contributed by atoms with Crippen molar-refractivity contribution in [3.8, 4) is 0 Å². The van der Waals surface area contributed by atoms with E-state index in [0.29, 0.717) is 23.8 Å². The molecule has 3 aromatic heterocycles. The van der Waals surface area contributed by atoms with Gasteiger partial charge in [0, 0.05) is 32.1 Å². The summed E-state index contributed by atoms with van der Waals surface area (Å²) in [6.07, 6.45) is 4.50. The minimum absolute atomic E-state index is 0.206. The standard InChI is InChI=1S/C18H21N5O3S/c1-12-4-2-8-22(11-12)18-21-23-14(10-15(24)20-17(23)27-18)16(25)19-7-6-13-5-3-9-26-13/h3,5,9-10,12H,2,4,6-8,11H2,1H3,(H,19,25)/t12-/m0/s1. The first-order valence-corrected chi connectivity index (χ1v) is 9.88. The lowest BCUT2D eigenvalue weighted by atomic mass is 10.0. The number of aromatic nitrogens is 3. The van der Waals surface area contributed by atoms with Crippen molar-refractivity contribution < 1.29 is 9.21 Å². The van der Waals surface area contributed by atoms with Gasteiger partial charge in [0.1, 0.15) is 11.5 Å². The van der Waals surface area contributed by atoms with Crippen LogP contribution in [-0.4, -0.2) is 40.1 Å². The summed E-state index contributed by atoms with van der Waals surface area (Å²) in [5.41, 5.74) is -0.231. The fourth-order valence-corrected chi connectivity index (χ4v) is 4.24. The van der Waals surface area contributed by atoms with Crippen molar-refractivity contribution in [1.29, 1.82) is 0 Å². The van der Waals surface area contributed by atoms with Gasteiger partial charge in [0.2, 0.25) is 10.1 Å². The molecule has 0 spiro atoms. The van der Waals surface area contributed by atoms with E-state index in [9.17, 15) is 9.59 Å². The van der Waals surface area contributed by atoms with E-state index < -0.39 is 5.56 Å². The molecule has 142 valence electrons. The number of nitrogens with zero attached hydrogens (tertiary/aromatic N) is 4. The number of nitrogens with one attached hydrogen (secondary N) is 1. The van der Waals surface area contributed by atoms with Crippen molar-refractivity contribution in [1.82, 2.24) is 19.9 Å². The minimum atomic E-state index is -0.437. The van der Waals surface area contributed by atoms with Crippen molar-refractivity contribution in [2.45, 2.75) is 26.2 Å². The molecule has 0 unspecified atom stereocenters. The molecule has 1 amide bonds. The molecule has 8 nitrogen and oxygen atoms in total. The highest BCUT2D eigenvalue weighted by Gasteiger charge is 2.22. The number of piperidine rings is 1. The summed E-state index contributed by atoms with van der Waals surface area (Å²) in [7, 11) is 0. The zero-order valence-corrected chi connectivity index (χ0v) is 15.9. The predicted molar refractivity (Wildman–Crippen MR) is 102 cm³/mol. The third-order valence-electron chi connectivity index (χ3n) is 4.64. The molecule has 27 heavy (non-hydrogen) atoms. The number of hydrogen-bond acceptors (Lipinski definition) is 7. The van der Waals surface area contributed by atoms with E-state index in [0.717, 1.165) is 30.4 Å². The SMILES string of the molecule is C[C@H]1CCCN(c2nn3c(C(=O)NCCc4ccco4)cc(=O)nc3s2)C1. The summed E-state index contributed by atoms with van der Waals surface area (Å²) < 4.78 is 6.73. The van der Waals surface area contributed by atoms with Gasteiger partial charge in [-0.2, -0.15) is 9.50 Å². The summed E-state index contributed by atoms with van der Waals surface area (Å²) >= 11 is 1.35. The van der Waals surface area contributed by atoms with Crippen LogP contribution >= 0.6 is 11.3 Å². The van der Waals surface area contributed by atoms with Crippen molar-refractivity contribution >= 4 is 27.3 Å². The number of carbonyl (C=O) groups excluding carboxylic acids is 1. The Hall–Kier alpha value is -2.68. The Balaban J connectivity index is 1.56. The molecular formula is C18H21N5O3S. The van der Waals surface area contributed by atoms with Gasteiger partial charge in [-0.3, -0.25) is 9.59 Å². The minimum Gasteiger partial charge on any atom is -0.469 e. The van der Waals surface area contributed by atoms with Gasteiger partial charge in [-0.05, 0) is 30.9 Å². The van der Waals surface area contributed by atoms with Crippen molar-refractivity contribution in [3.63, 3.8) is 0 Å². The molecule has 9 heteroatoms. The van der Waals surface area contributed by atoms with Crippen LogP contribution in [0.3, 0.4) is 0 Å². The molecule has 4 heterocycles. The second-order valence-electron chi connectivity index (χ2n) is 6.84. The smallest absolute Gasteiger partial charge is 0.274 e. The molecule has 4 rings (SSSR count). The average molecular weight is 387 g/mol. The van der Waals surface area contributed by atoms with Gasteiger partial charge >= 0.3 is 0 Å². The van der Waals surface area contributed by atoms with Gasteiger partial charge in [-0.1, -0.05) is 18.3 Å². The number of carbonyl (C=O) groups is 1. The summed E-state index contributed by atoms with van der Waals surface area (Å²) in [6, 6.07) is 4.90. The lowest BCUT2D eigenvalue weighted by Crippen LogP contribution is -2.34. The van der Waals surface area contributed by atoms with E-state index >= 15 is 0 Å². The average Bonchev–Trinajstić information content (AvgIpc) is 3.30. The normalized spacial score (nSPS) is 17.4. The molecule has 1 N–H and O–H groups in total. The van der Waals surface area contributed by atoms with Gasteiger partial charge in [0.15, 0.2) is 0 Å². The molecule has 1 aliphatic heterocycles. The highest BCUT2D eigenvalue weighted by atomic mass is 32.1. The zero-order chi connectivity index (χ0) is 18.8. The summed E-state index contributed by atoms with van der Waals surface area (Å²) in [4.78, 5) is 31.2. The van der Waals surface area contributed by atoms with Crippen LogP contribution in [-0.2, 0) is 6.42 Å². The second-order valence-corrected chi connectivity index (χ2v) is 7.77. The summed E-state index contributed by atoms with van der Waals surface area (Å²) in [5, 5.41) is 8.18. The maximum atomic E-state index is 12.6. The van der Waals surface area contributed by atoms with Crippen LogP contribution < -0.4 is 15.8 Å². The first-order valence-electron chi connectivity index (χ1n) is 9.06. The van der Waals surface area contributed by atoms with Crippen LogP contribution in [0, 0.1) is 5.92 Å². The molecule has 1 saturated heterocycles. The van der Waals surface area contributed by atoms with E-state index in [1.807, 2.05) is 6.07 Å². The van der Waals surface area contributed by atoms with Gasteiger partial charge in [-0.25, -0.2) is 0 Å². The van der Waals surface area contributed by atoms with Gasteiger partial charge < -0.3 is 14.6 Å². The Morgan fingerprint density at radius 2 is 2.37 bits per heavy atom. The molecule has 0 saturated carbocycles. The van der Waals surface area contributed by atoms with Crippen LogP contribution in [0.4, 0.5) is 5.13 Å². The number of amides is 1. The largest absolute Gasteiger partial charge is 0.469 e. The number of rotatable bonds is 5. The molecule has 0 aromatic carbocycles. The maximum absolute atomic E-state index is 12.6. The molecule has 1 atom stereocenters. The molecule has 0 radical (unpaired) electrons. The van der Waals surface area contributed by atoms with Crippen LogP contribution in [0.5, 0.6) is 0 Å². The van der Waals surface area contributed by atoms with E-state index in [1.165, 1.54) is 28.3 Å². The highest BCUT2D eigenvalue weighted by Crippen LogP contribution is 2.27. The molecule has 0 bridgehead atoms. The number of hydrogen-bond donors (Lipinski definition) is 1. The summed E-state index contributed by atoms with van der Waals surface area (Å²) in [5.74, 6) is 1.05. The van der Waals surface area contributed by atoms with Gasteiger partial charge in [0.05, 0.1) is 6.26 Å². The van der Waals surface area contributed by atoms with Crippen molar-refractivity contribution in [2.24, 2.45) is 5.92 Å². The monoisotopic (exact) mass is 387 g/mol. The molecule has 1 aliphatic rings. The number of anilines is 1. The number of furan rings is 1. The van der Waals surface area contributed by atoms with E-state index in [1.54, 1.807) is 12.3 Å². The highest BCUT2D eigenvalue weighted by molar-refractivity contribution is 7.20. The third-order valence-corrected chi connectivity index (χ3v) is 5.61. The Labute approximate surface area is 159 Å². The van der Waals surface area contributed by atoms with Crippen LogP contribution in [0.15, 0.2) is 33.7 Å². The molecule has 0 aliphatic carbocycles. The second kappa shape index (κ2) is 7.51. The lowest BCUT2D eigenvalue weighted by Gasteiger charge is -2.30. The predicted octanol–water partition coefficient (Wildman–Crippen LogP) is 1.95. The first kappa shape index (κ1) is 17.7.